The molecule has 0 saturated carbocycles. The van der Waals surface area contributed by atoms with Crippen LogP contribution in [-0.4, -0.2) is 50.1 Å². The second kappa shape index (κ2) is 7.27. The van der Waals surface area contributed by atoms with E-state index < -0.39 is 21.7 Å². The summed E-state index contributed by atoms with van der Waals surface area (Å²) in [6.07, 6.45) is -2.58. The molecule has 0 aliphatic rings. The maximum atomic E-state index is 13.4. The van der Waals surface area contributed by atoms with Crippen molar-refractivity contribution in [3.63, 3.8) is 0 Å². The van der Waals surface area contributed by atoms with Gasteiger partial charge in [0.25, 0.3) is 0 Å². The van der Waals surface area contributed by atoms with E-state index in [4.69, 9.17) is 0 Å². The second-order valence-electron chi connectivity index (χ2n) is 6.71. The predicted molar refractivity (Wildman–Crippen MR) is 103 cm³/mol. The number of H-pyrrole nitrogens is 1. The average Bonchev–Trinajstić information content (AvgIpc) is 3.37. The molecule has 0 radical (unpaired) electrons. The van der Waals surface area contributed by atoms with Crippen molar-refractivity contribution in [2.75, 3.05) is 6.26 Å². The molecule has 3 aromatic heterocycles. The zero-order valence-corrected chi connectivity index (χ0v) is 16.9. The van der Waals surface area contributed by atoms with E-state index in [0.29, 0.717) is 22.5 Å². The van der Waals surface area contributed by atoms with Crippen LogP contribution in [0, 0.1) is 6.92 Å². The molecule has 0 fully saturated rings. The molecule has 0 unspecified atom stereocenters. The van der Waals surface area contributed by atoms with Gasteiger partial charge in [-0.15, -0.1) is 10.2 Å². The Morgan fingerprint density at radius 1 is 1.10 bits per heavy atom. The van der Waals surface area contributed by atoms with Gasteiger partial charge < -0.3 is 0 Å². The number of hydrogen-bond donors (Lipinski definition) is 1. The molecular formula is C18H14F3N7O2S. The number of pyridine rings is 1. The highest BCUT2D eigenvalue weighted by molar-refractivity contribution is 7.90. The summed E-state index contributed by atoms with van der Waals surface area (Å²) in [5.74, 6) is 0.393. The zero-order valence-electron chi connectivity index (χ0n) is 16.1. The first-order valence-corrected chi connectivity index (χ1v) is 10.6. The maximum absolute atomic E-state index is 13.4. The van der Waals surface area contributed by atoms with Gasteiger partial charge in [-0.3, -0.25) is 0 Å². The Morgan fingerprint density at radius 3 is 2.42 bits per heavy atom. The molecule has 4 rings (SSSR count). The van der Waals surface area contributed by atoms with Gasteiger partial charge in [0.2, 0.25) is 5.82 Å². The molecule has 1 N–H and O–H groups in total. The third-order valence-electron chi connectivity index (χ3n) is 4.47. The molecule has 9 nitrogen and oxygen atoms in total. The first-order chi connectivity index (χ1) is 14.5. The van der Waals surface area contributed by atoms with Crippen molar-refractivity contribution < 1.29 is 21.6 Å². The first-order valence-electron chi connectivity index (χ1n) is 8.72. The minimum Gasteiger partial charge on any atom is -0.236 e. The number of aromatic amines is 1. The van der Waals surface area contributed by atoms with Gasteiger partial charge >= 0.3 is 6.18 Å². The highest BCUT2D eigenvalue weighted by atomic mass is 32.2. The van der Waals surface area contributed by atoms with Crippen LogP contribution in [-0.2, 0) is 16.0 Å². The number of aromatic nitrogens is 7. The molecule has 0 amide bonds. The number of aryl methyl sites for hydroxylation is 1. The number of sulfone groups is 1. The Kier molecular flexibility index (Phi) is 4.84. The quantitative estimate of drug-likeness (QED) is 0.509. The summed E-state index contributed by atoms with van der Waals surface area (Å²) in [4.78, 5) is 3.94. The lowest BCUT2D eigenvalue weighted by atomic mass is 10.0. The lowest BCUT2D eigenvalue weighted by Gasteiger charge is -2.09. The maximum Gasteiger partial charge on any atom is 0.435 e. The van der Waals surface area contributed by atoms with Crippen LogP contribution in [0.5, 0.6) is 0 Å². The van der Waals surface area contributed by atoms with Crippen LogP contribution in [0.25, 0.3) is 28.5 Å². The van der Waals surface area contributed by atoms with Gasteiger partial charge in [-0.1, -0.05) is 12.1 Å². The summed E-state index contributed by atoms with van der Waals surface area (Å²) in [7, 11) is -3.51. The molecule has 0 saturated heterocycles. The van der Waals surface area contributed by atoms with E-state index in [1.54, 1.807) is 25.1 Å². The Balaban J connectivity index is 1.84. The number of alkyl halides is 3. The van der Waals surface area contributed by atoms with Crippen molar-refractivity contribution in [2.24, 2.45) is 0 Å². The average molecular weight is 449 g/mol. The number of rotatable bonds is 4. The Hall–Kier alpha value is -3.61. The topological polar surface area (TPSA) is 119 Å². The van der Waals surface area contributed by atoms with Crippen molar-refractivity contribution in [3.05, 3.63) is 53.9 Å². The summed E-state index contributed by atoms with van der Waals surface area (Å²) in [6, 6.07) is 8.42. The number of benzene rings is 1. The van der Waals surface area contributed by atoms with E-state index in [9.17, 15) is 21.6 Å². The SMILES string of the molecule is Cc1cc(-c2cc(C(F)(F)F)nn2-c2ccc(S(C)(=O)=O)cn2)ccc1-c1nn[nH]n1. The number of nitrogens with one attached hydrogen (secondary N) is 1. The Bertz CT molecular complexity index is 1350. The summed E-state index contributed by atoms with van der Waals surface area (Å²) in [6.45, 7) is 1.76. The molecule has 0 spiro atoms. The predicted octanol–water partition coefficient (Wildman–Crippen LogP) is 2.85. The van der Waals surface area contributed by atoms with Crippen LogP contribution in [0.3, 0.4) is 0 Å². The number of halogens is 3. The summed E-state index contributed by atoms with van der Waals surface area (Å²) >= 11 is 0. The van der Waals surface area contributed by atoms with Gasteiger partial charge in [0.1, 0.15) is 0 Å². The van der Waals surface area contributed by atoms with Crippen LogP contribution in [0.4, 0.5) is 13.2 Å². The molecular weight excluding hydrogens is 435 g/mol. The van der Waals surface area contributed by atoms with Crippen LogP contribution in [0.2, 0.25) is 0 Å². The van der Waals surface area contributed by atoms with E-state index in [1.807, 2.05) is 0 Å². The molecule has 3 heterocycles. The Labute approximate surface area is 173 Å². The smallest absolute Gasteiger partial charge is 0.236 e. The fraction of sp³-hybridized carbons (Fsp3) is 0.167. The van der Waals surface area contributed by atoms with Crippen molar-refractivity contribution in [3.8, 4) is 28.5 Å². The van der Waals surface area contributed by atoms with Crippen molar-refractivity contribution in [1.29, 1.82) is 0 Å². The number of nitrogens with zero attached hydrogens (tertiary/aromatic N) is 6. The van der Waals surface area contributed by atoms with E-state index in [2.05, 4.69) is 30.7 Å². The summed E-state index contributed by atoms with van der Waals surface area (Å²) < 4.78 is 64.4. The third kappa shape index (κ3) is 4.03. The molecule has 13 heteroatoms. The van der Waals surface area contributed by atoms with E-state index in [1.165, 1.54) is 12.1 Å². The fourth-order valence-electron chi connectivity index (χ4n) is 2.97. The van der Waals surface area contributed by atoms with Crippen LogP contribution < -0.4 is 0 Å². The highest BCUT2D eigenvalue weighted by Crippen LogP contribution is 2.34. The highest BCUT2D eigenvalue weighted by Gasteiger charge is 2.35. The minimum absolute atomic E-state index is 0.0396. The van der Waals surface area contributed by atoms with Crippen LogP contribution in [0.1, 0.15) is 11.3 Å². The van der Waals surface area contributed by atoms with Gasteiger partial charge in [-0.05, 0) is 42.0 Å². The van der Waals surface area contributed by atoms with E-state index in [-0.39, 0.29) is 16.4 Å². The van der Waals surface area contributed by atoms with Crippen molar-refractivity contribution in [1.82, 2.24) is 35.4 Å². The molecule has 4 aromatic rings. The molecule has 0 aliphatic heterocycles. The Morgan fingerprint density at radius 2 is 1.87 bits per heavy atom. The van der Waals surface area contributed by atoms with Gasteiger partial charge in [0.05, 0.1) is 10.6 Å². The van der Waals surface area contributed by atoms with Crippen molar-refractivity contribution >= 4 is 9.84 Å². The molecule has 0 bridgehead atoms. The summed E-state index contributed by atoms with van der Waals surface area (Å²) in [5, 5.41) is 17.3. The van der Waals surface area contributed by atoms with Crippen LogP contribution in [0.15, 0.2) is 47.5 Å². The molecule has 31 heavy (non-hydrogen) atoms. The fourth-order valence-corrected chi connectivity index (χ4v) is 3.53. The third-order valence-corrected chi connectivity index (χ3v) is 5.57. The van der Waals surface area contributed by atoms with Crippen LogP contribution >= 0.6 is 0 Å². The monoisotopic (exact) mass is 449 g/mol. The van der Waals surface area contributed by atoms with Gasteiger partial charge in [0.15, 0.2) is 21.3 Å². The zero-order chi connectivity index (χ0) is 22.4. The number of tetrazole rings is 1. The molecule has 160 valence electrons. The van der Waals surface area contributed by atoms with Gasteiger partial charge in [-0.25, -0.2) is 18.1 Å². The summed E-state index contributed by atoms with van der Waals surface area (Å²) in [5.41, 5.74) is 0.851. The second-order valence-corrected chi connectivity index (χ2v) is 8.73. The molecule has 1 aromatic carbocycles. The molecule has 0 aliphatic carbocycles. The lowest BCUT2D eigenvalue weighted by Crippen LogP contribution is -2.08. The van der Waals surface area contributed by atoms with E-state index in [0.717, 1.165) is 23.2 Å². The first kappa shape index (κ1) is 20.7. The van der Waals surface area contributed by atoms with E-state index >= 15 is 0 Å². The standard InChI is InChI=1S/C18H14F3N7O2S/c1-10-7-11(3-5-13(10)17-23-26-27-24-17)14-8-15(18(19,20)21)25-28(14)16-6-4-12(9-22-16)31(2,29)30/h3-9H,1-2H3,(H,23,24,26,27). The largest absolute Gasteiger partial charge is 0.435 e. The molecule has 0 atom stereocenters. The lowest BCUT2D eigenvalue weighted by molar-refractivity contribution is -0.141. The minimum atomic E-state index is -4.67. The van der Waals surface area contributed by atoms with Crippen molar-refractivity contribution in [2.45, 2.75) is 18.0 Å². The van der Waals surface area contributed by atoms with Gasteiger partial charge in [0, 0.05) is 23.6 Å². The number of hydrogen-bond acceptors (Lipinski definition) is 7. The normalized spacial score (nSPS) is 12.3. The van der Waals surface area contributed by atoms with Gasteiger partial charge in [-0.2, -0.15) is 23.5 Å².